The predicted octanol–water partition coefficient (Wildman–Crippen LogP) is 3.85. The molecular formula is C29H38N4O6. The number of alkyl carbamates (subject to hydrolysis) is 1. The van der Waals surface area contributed by atoms with Crippen LogP contribution in [-0.4, -0.2) is 57.8 Å². The fourth-order valence-electron chi connectivity index (χ4n) is 3.90. The van der Waals surface area contributed by atoms with Gasteiger partial charge in [-0.15, -0.1) is 0 Å². The molecule has 10 heteroatoms. The number of hydrogen-bond donors (Lipinski definition) is 4. The molecule has 0 saturated heterocycles. The molecule has 0 saturated carbocycles. The van der Waals surface area contributed by atoms with E-state index < -0.39 is 42.1 Å². The van der Waals surface area contributed by atoms with Crippen LogP contribution in [0.4, 0.5) is 4.79 Å². The number of nitrogens with zero attached hydrogens (tertiary/aromatic N) is 2. The number of carbonyl (C=O) groups is 3. The zero-order valence-corrected chi connectivity index (χ0v) is 23.2. The summed E-state index contributed by atoms with van der Waals surface area (Å²) in [5.41, 5.74) is 0.705. The number of benzene rings is 2. The second-order valence-electron chi connectivity index (χ2n) is 10.3. The number of nitrogens with one attached hydrogen (secondary N) is 2. The lowest BCUT2D eigenvalue weighted by atomic mass is 9.98. The third kappa shape index (κ3) is 9.52. The number of phenolic OH excluding ortho intramolecular Hbond substituents is 2. The van der Waals surface area contributed by atoms with Crippen LogP contribution in [0.1, 0.15) is 63.3 Å². The van der Waals surface area contributed by atoms with E-state index in [1.54, 1.807) is 45.9 Å². The largest absolute Gasteiger partial charge is 0.508 e. The Labute approximate surface area is 229 Å². The van der Waals surface area contributed by atoms with Gasteiger partial charge >= 0.3 is 6.09 Å². The molecule has 0 heterocycles. The van der Waals surface area contributed by atoms with Crippen LogP contribution in [0.25, 0.3) is 0 Å². The van der Waals surface area contributed by atoms with Crippen LogP contribution in [0.2, 0.25) is 0 Å². The number of phenols is 2. The van der Waals surface area contributed by atoms with Crippen molar-refractivity contribution in [2.75, 3.05) is 13.1 Å². The highest BCUT2D eigenvalue weighted by Gasteiger charge is 2.36. The number of carbonyl (C=O) groups excluding carboxylic acids is 3. The molecule has 2 atom stereocenters. The number of nitriles is 1. The highest BCUT2D eigenvalue weighted by Crippen LogP contribution is 2.27. The summed E-state index contributed by atoms with van der Waals surface area (Å²) >= 11 is 0. The molecule has 0 spiro atoms. The summed E-state index contributed by atoms with van der Waals surface area (Å²) in [4.78, 5) is 41.3. The number of unbranched alkanes of at least 4 members (excludes halogenated alkanes) is 1. The van der Waals surface area contributed by atoms with Crippen LogP contribution in [-0.2, 0) is 20.7 Å². The molecule has 3 amide bonds. The summed E-state index contributed by atoms with van der Waals surface area (Å²) in [6, 6.07) is 10.3. The zero-order valence-electron chi connectivity index (χ0n) is 23.2. The second kappa shape index (κ2) is 14.0. The van der Waals surface area contributed by atoms with Crippen LogP contribution in [0, 0.1) is 18.3 Å². The second-order valence-corrected chi connectivity index (χ2v) is 10.3. The maximum atomic E-state index is 14.0. The van der Waals surface area contributed by atoms with E-state index in [0.29, 0.717) is 23.2 Å². The van der Waals surface area contributed by atoms with Crippen LogP contribution in [0.3, 0.4) is 0 Å². The minimum Gasteiger partial charge on any atom is -0.508 e. The molecule has 0 aliphatic rings. The standard InChI is InChI=1S/C29H38N4O6/c1-6-7-15-31-26(36)25(21-10-13-24(35)19(2)17-21)33(16-14-30)27(37)23(32-28(38)39-29(3,4)5)18-20-8-11-22(34)12-9-20/h8-13,17,23,25,34-35H,6-7,15-16,18H2,1-5H3,(H,31,36)(H,32,38). The first kappa shape index (κ1) is 31.0. The Kier molecular flexibility index (Phi) is 11.2. The van der Waals surface area contributed by atoms with Gasteiger partial charge < -0.3 is 30.5 Å². The first-order valence-corrected chi connectivity index (χ1v) is 12.9. The molecule has 4 N–H and O–H groups in total. The normalized spacial score (nSPS) is 12.5. The summed E-state index contributed by atoms with van der Waals surface area (Å²) in [5.74, 6) is -1.09. The number of hydrogen-bond acceptors (Lipinski definition) is 7. The monoisotopic (exact) mass is 538 g/mol. The number of aromatic hydroxyl groups is 2. The Hall–Kier alpha value is -4.26. The van der Waals surface area contributed by atoms with Gasteiger partial charge in [0.1, 0.15) is 35.7 Å². The molecule has 2 rings (SSSR count). The van der Waals surface area contributed by atoms with E-state index in [4.69, 9.17) is 4.74 Å². The third-order valence-corrected chi connectivity index (χ3v) is 5.82. The summed E-state index contributed by atoms with van der Waals surface area (Å²) in [5, 5.41) is 34.8. The first-order valence-electron chi connectivity index (χ1n) is 12.9. The molecule has 10 nitrogen and oxygen atoms in total. The molecule has 0 aliphatic carbocycles. The Morgan fingerprint density at radius 1 is 1.10 bits per heavy atom. The van der Waals surface area contributed by atoms with E-state index in [0.717, 1.165) is 17.7 Å². The van der Waals surface area contributed by atoms with Crippen LogP contribution in [0.5, 0.6) is 11.5 Å². The van der Waals surface area contributed by atoms with Gasteiger partial charge in [-0.05, 0) is 75.1 Å². The number of aryl methyl sites for hydroxylation is 1. The third-order valence-electron chi connectivity index (χ3n) is 5.82. The molecule has 0 aliphatic heterocycles. The van der Waals surface area contributed by atoms with E-state index in [1.807, 2.05) is 13.0 Å². The molecule has 210 valence electrons. The molecule has 0 radical (unpaired) electrons. The van der Waals surface area contributed by atoms with Gasteiger partial charge in [0.25, 0.3) is 0 Å². The minimum atomic E-state index is -1.20. The van der Waals surface area contributed by atoms with Gasteiger partial charge in [-0.1, -0.05) is 31.5 Å². The van der Waals surface area contributed by atoms with E-state index in [-0.39, 0.29) is 17.9 Å². The average molecular weight is 539 g/mol. The SMILES string of the molecule is CCCCNC(=O)C(c1ccc(O)c(C)c1)N(CC#N)C(=O)C(Cc1ccc(O)cc1)NC(=O)OC(C)(C)C. The number of ether oxygens (including phenoxy) is 1. The van der Waals surface area contributed by atoms with Crippen molar-refractivity contribution in [2.45, 2.75) is 71.6 Å². The maximum Gasteiger partial charge on any atom is 0.408 e. The van der Waals surface area contributed by atoms with Gasteiger partial charge in [-0.25, -0.2) is 4.79 Å². The van der Waals surface area contributed by atoms with Crippen molar-refractivity contribution in [1.82, 2.24) is 15.5 Å². The van der Waals surface area contributed by atoms with Crippen molar-refractivity contribution in [3.05, 3.63) is 59.2 Å². The van der Waals surface area contributed by atoms with Crippen LogP contribution < -0.4 is 10.6 Å². The molecule has 2 unspecified atom stereocenters. The quantitative estimate of drug-likeness (QED) is 0.250. The molecule has 0 fully saturated rings. The lowest BCUT2D eigenvalue weighted by molar-refractivity contribution is -0.141. The van der Waals surface area contributed by atoms with E-state index >= 15 is 0 Å². The van der Waals surface area contributed by atoms with Gasteiger partial charge in [0.2, 0.25) is 11.8 Å². The topological polar surface area (TPSA) is 152 Å². The lowest BCUT2D eigenvalue weighted by Gasteiger charge is -2.33. The van der Waals surface area contributed by atoms with Crippen molar-refractivity contribution < 1.29 is 29.3 Å². The summed E-state index contributed by atoms with van der Waals surface area (Å²) in [6.07, 6.45) is 0.752. The van der Waals surface area contributed by atoms with E-state index in [9.17, 15) is 29.9 Å². The van der Waals surface area contributed by atoms with Crippen molar-refractivity contribution in [3.63, 3.8) is 0 Å². The minimum absolute atomic E-state index is 0.0130. The molecule has 39 heavy (non-hydrogen) atoms. The fourth-order valence-corrected chi connectivity index (χ4v) is 3.90. The molecule has 2 aromatic carbocycles. The van der Waals surface area contributed by atoms with Gasteiger partial charge in [0.15, 0.2) is 0 Å². The predicted molar refractivity (Wildman–Crippen MR) is 146 cm³/mol. The summed E-state index contributed by atoms with van der Waals surface area (Å²) in [6.45, 7) is 8.66. The van der Waals surface area contributed by atoms with Crippen molar-refractivity contribution in [1.29, 1.82) is 5.26 Å². The lowest BCUT2D eigenvalue weighted by Crippen LogP contribution is -2.54. The highest BCUT2D eigenvalue weighted by molar-refractivity contribution is 5.92. The number of rotatable bonds is 11. The Bertz CT molecular complexity index is 1180. The van der Waals surface area contributed by atoms with Crippen molar-refractivity contribution in [2.24, 2.45) is 0 Å². The van der Waals surface area contributed by atoms with Gasteiger partial charge in [0.05, 0.1) is 6.07 Å². The van der Waals surface area contributed by atoms with Crippen LogP contribution in [0.15, 0.2) is 42.5 Å². The average Bonchev–Trinajstić information content (AvgIpc) is 2.85. The van der Waals surface area contributed by atoms with E-state index in [1.165, 1.54) is 24.3 Å². The fraction of sp³-hybridized carbons (Fsp3) is 0.448. The number of amides is 3. The maximum absolute atomic E-state index is 14.0. The van der Waals surface area contributed by atoms with Gasteiger partial charge in [-0.3, -0.25) is 9.59 Å². The summed E-state index contributed by atoms with van der Waals surface area (Å²) < 4.78 is 5.37. The zero-order chi connectivity index (χ0) is 29.2. The Morgan fingerprint density at radius 2 is 1.77 bits per heavy atom. The van der Waals surface area contributed by atoms with Crippen LogP contribution >= 0.6 is 0 Å². The van der Waals surface area contributed by atoms with Crippen molar-refractivity contribution >= 4 is 17.9 Å². The molecule has 2 aromatic rings. The smallest absolute Gasteiger partial charge is 0.408 e. The first-order chi connectivity index (χ1) is 18.4. The Balaban J connectivity index is 2.53. The van der Waals surface area contributed by atoms with Crippen molar-refractivity contribution in [3.8, 4) is 17.6 Å². The Morgan fingerprint density at radius 3 is 2.33 bits per heavy atom. The molecule has 0 bridgehead atoms. The molecule has 0 aromatic heterocycles. The van der Waals surface area contributed by atoms with Gasteiger partial charge in [-0.2, -0.15) is 5.26 Å². The highest BCUT2D eigenvalue weighted by atomic mass is 16.6. The summed E-state index contributed by atoms with van der Waals surface area (Å²) in [7, 11) is 0. The molecular weight excluding hydrogens is 500 g/mol. The van der Waals surface area contributed by atoms with Gasteiger partial charge in [0, 0.05) is 13.0 Å². The van der Waals surface area contributed by atoms with E-state index in [2.05, 4.69) is 10.6 Å².